The van der Waals surface area contributed by atoms with Crippen LogP contribution in [0.25, 0.3) is 0 Å². The molecule has 4 N–H and O–H groups in total. The number of hydrogen-bond acceptors (Lipinski definition) is 7. The van der Waals surface area contributed by atoms with E-state index in [2.05, 4.69) is 53.8 Å². The largest absolute Gasteiger partial charge is 0.490 e. The molecule has 2 aromatic carbocycles. The van der Waals surface area contributed by atoms with Crippen molar-refractivity contribution < 1.29 is 23.8 Å². The zero-order valence-electron chi connectivity index (χ0n) is 23.7. The number of aromatic nitrogens is 1. The van der Waals surface area contributed by atoms with E-state index < -0.39 is 11.5 Å². The number of rotatable bonds is 9. The fraction of sp³-hybridized carbons (Fsp3) is 0.387. The molecule has 0 atom stereocenters. The fourth-order valence-corrected chi connectivity index (χ4v) is 4.45. The molecular formula is C31H38N4O5. The first kappa shape index (κ1) is 28.9. The van der Waals surface area contributed by atoms with Crippen LogP contribution < -0.4 is 26.1 Å². The fourth-order valence-electron chi connectivity index (χ4n) is 4.45. The molecule has 0 radical (unpaired) electrons. The third-order valence-electron chi connectivity index (χ3n) is 6.83. The molecule has 40 heavy (non-hydrogen) atoms. The first-order valence-corrected chi connectivity index (χ1v) is 13.4. The van der Waals surface area contributed by atoms with E-state index in [0.717, 1.165) is 29.7 Å². The van der Waals surface area contributed by atoms with Crippen LogP contribution in [-0.4, -0.2) is 34.7 Å². The van der Waals surface area contributed by atoms with Gasteiger partial charge in [0.1, 0.15) is 35.5 Å². The van der Waals surface area contributed by atoms with Crippen LogP contribution in [0.4, 0.5) is 4.79 Å². The number of carbonyl (C=O) groups is 2. The van der Waals surface area contributed by atoms with Gasteiger partial charge in [-0.25, -0.2) is 15.6 Å². The number of pyridine rings is 1. The maximum absolute atomic E-state index is 11.9. The van der Waals surface area contributed by atoms with Gasteiger partial charge in [0.05, 0.1) is 5.69 Å². The minimum atomic E-state index is -0.508. The molecule has 1 aromatic heterocycles. The summed E-state index contributed by atoms with van der Waals surface area (Å²) in [5.41, 5.74) is 4.51. The number of alkyl carbamates (subject to hydrolysis) is 1. The van der Waals surface area contributed by atoms with Gasteiger partial charge in [0.15, 0.2) is 0 Å². The number of nitrogens with one attached hydrogen (secondary N) is 2. The number of nitrogen functional groups attached to an aromatic ring is 1. The average Bonchev–Trinajstić information content (AvgIpc) is 2.90. The van der Waals surface area contributed by atoms with Gasteiger partial charge < -0.3 is 19.5 Å². The van der Waals surface area contributed by atoms with Crippen molar-refractivity contribution in [1.29, 1.82) is 0 Å². The van der Waals surface area contributed by atoms with Crippen molar-refractivity contribution >= 4 is 12.0 Å². The van der Waals surface area contributed by atoms with Gasteiger partial charge in [-0.15, -0.1) is 0 Å². The second-order valence-electron chi connectivity index (χ2n) is 11.5. The Labute approximate surface area is 235 Å². The van der Waals surface area contributed by atoms with Crippen LogP contribution in [-0.2, 0) is 16.8 Å². The van der Waals surface area contributed by atoms with Gasteiger partial charge in [-0.1, -0.05) is 44.2 Å². The molecule has 0 saturated heterocycles. The van der Waals surface area contributed by atoms with E-state index in [9.17, 15) is 9.59 Å². The number of nitrogens with zero attached hydrogens (tertiary/aromatic N) is 1. The average molecular weight is 547 g/mol. The Hall–Kier alpha value is -4.11. The van der Waals surface area contributed by atoms with Gasteiger partial charge in [-0.2, -0.15) is 0 Å². The lowest BCUT2D eigenvalue weighted by atomic mass is 9.78. The minimum Gasteiger partial charge on any atom is -0.490 e. The summed E-state index contributed by atoms with van der Waals surface area (Å²) in [7, 11) is 0. The summed E-state index contributed by atoms with van der Waals surface area (Å²) >= 11 is 0. The minimum absolute atomic E-state index is 0.0711. The molecule has 4 rings (SSSR count). The third-order valence-corrected chi connectivity index (χ3v) is 6.83. The molecule has 0 unspecified atom stereocenters. The summed E-state index contributed by atoms with van der Waals surface area (Å²) in [4.78, 5) is 27.9. The molecule has 1 saturated carbocycles. The van der Waals surface area contributed by atoms with Crippen molar-refractivity contribution in [2.75, 3.05) is 0 Å². The van der Waals surface area contributed by atoms with E-state index in [4.69, 9.17) is 20.1 Å². The maximum atomic E-state index is 11.9. The smallest absolute Gasteiger partial charge is 0.407 e. The lowest BCUT2D eigenvalue weighted by Gasteiger charge is -2.36. The molecular weight excluding hydrogens is 508 g/mol. The van der Waals surface area contributed by atoms with E-state index in [0.29, 0.717) is 11.4 Å². The molecule has 0 spiro atoms. The summed E-state index contributed by atoms with van der Waals surface area (Å²) in [6.45, 7) is 10.1. The predicted octanol–water partition coefficient (Wildman–Crippen LogP) is 5.02. The molecule has 1 heterocycles. The van der Waals surface area contributed by atoms with Gasteiger partial charge in [0.2, 0.25) is 0 Å². The van der Waals surface area contributed by atoms with Crippen LogP contribution >= 0.6 is 0 Å². The standard InChI is InChI=1S/C31H38N4O5/c1-30(2,3)40-29(37)34-23-17-26(18-23)39-25-15-11-21(12-16-25)31(4,5)20-9-13-24(14-10-20)38-19-22-7-6-8-27(33-22)28(36)35-32/h6-16,23,26H,17-19,32H2,1-5H3,(H,34,37)(H,35,36)/t23-,26-. The summed E-state index contributed by atoms with van der Waals surface area (Å²) in [5.74, 6) is 6.26. The van der Waals surface area contributed by atoms with E-state index in [1.165, 1.54) is 0 Å². The summed E-state index contributed by atoms with van der Waals surface area (Å²) in [6, 6.07) is 21.3. The molecule has 1 aliphatic carbocycles. The monoisotopic (exact) mass is 546 g/mol. The number of amides is 2. The molecule has 0 bridgehead atoms. The first-order valence-electron chi connectivity index (χ1n) is 13.4. The van der Waals surface area contributed by atoms with E-state index in [1.807, 2.05) is 45.0 Å². The van der Waals surface area contributed by atoms with Crippen molar-refractivity contribution in [3.8, 4) is 11.5 Å². The lowest BCUT2D eigenvalue weighted by molar-refractivity contribution is 0.0362. The number of nitrogens with two attached hydrogens (primary N) is 1. The molecule has 3 aromatic rings. The quantitative estimate of drug-likeness (QED) is 0.195. The first-order chi connectivity index (χ1) is 18.9. The predicted molar refractivity (Wildman–Crippen MR) is 152 cm³/mol. The van der Waals surface area contributed by atoms with Crippen molar-refractivity contribution in [1.82, 2.24) is 15.7 Å². The Kier molecular flexibility index (Phi) is 8.64. The Morgan fingerprint density at radius 2 is 1.50 bits per heavy atom. The second kappa shape index (κ2) is 12.0. The zero-order chi connectivity index (χ0) is 28.9. The van der Waals surface area contributed by atoms with Gasteiger partial charge >= 0.3 is 6.09 Å². The number of hydrazine groups is 1. The van der Waals surface area contributed by atoms with Crippen molar-refractivity contribution in [2.24, 2.45) is 5.84 Å². The van der Waals surface area contributed by atoms with Gasteiger partial charge in [0.25, 0.3) is 5.91 Å². The Bertz CT molecular complexity index is 1310. The number of carbonyl (C=O) groups excluding carboxylic acids is 2. The normalized spacial score (nSPS) is 16.9. The van der Waals surface area contributed by atoms with E-state index in [1.54, 1.807) is 18.2 Å². The van der Waals surface area contributed by atoms with Crippen LogP contribution in [0.15, 0.2) is 66.7 Å². The van der Waals surface area contributed by atoms with Crippen LogP contribution in [0.1, 0.15) is 74.8 Å². The van der Waals surface area contributed by atoms with Crippen molar-refractivity contribution in [2.45, 2.75) is 77.2 Å². The van der Waals surface area contributed by atoms with Gasteiger partial charge in [-0.05, 0) is 68.3 Å². The topological polar surface area (TPSA) is 125 Å². The van der Waals surface area contributed by atoms with Crippen LogP contribution in [0, 0.1) is 0 Å². The van der Waals surface area contributed by atoms with Crippen molar-refractivity contribution in [3.05, 3.63) is 89.2 Å². The lowest BCUT2D eigenvalue weighted by Crippen LogP contribution is -2.50. The maximum Gasteiger partial charge on any atom is 0.407 e. The number of ether oxygens (including phenoxy) is 3. The van der Waals surface area contributed by atoms with E-state index in [-0.39, 0.29) is 36.0 Å². The second-order valence-corrected chi connectivity index (χ2v) is 11.5. The number of hydrogen-bond donors (Lipinski definition) is 3. The highest BCUT2D eigenvalue weighted by molar-refractivity contribution is 5.91. The molecule has 9 heteroatoms. The molecule has 2 amide bonds. The zero-order valence-corrected chi connectivity index (χ0v) is 23.7. The van der Waals surface area contributed by atoms with E-state index >= 15 is 0 Å². The van der Waals surface area contributed by atoms with Crippen LogP contribution in [0.5, 0.6) is 11.5 Å². The molecule has 0 aliphatic heterocycles. The highest BCUT2D eigenvalue weighted by Gasteiger charge is 2.33. The Morgan fingerprint density at radius 1 is 0.900 bits per heavy atom. The third kappa shape index (κ3) is 7.51. The summed E-state index contributed by atoms with van der Waals surface area (Å²) < 4.78 is 17.3. The SMILES string of the molecule is CC(C)(C)OC(=O)N[C@H]1C[C@H](Oc2ccc(C(C)(C)c3ccc(OCc4cccc(C(=O)NN)n4)cc3)cc2)C1. The summed E-state index contributed by atoms with van der Waals surface area (Å²) in [6.07, 6.45) is 1.20. The Morgan fingerprint density at radius 3 is 2.08 bits per heavy atom. The highest BCUT2D eigenvalue weighted by atomic mass is 16.6. The molecule has 9 nitrogen and oxygen atoms in total. The van der Waals surface area contributed by atoms with Gasteiger partial charge in [-0.3, -0.25) is 10.2 Å². The van der Waals surface area contributed by atoms with Crippen LogP contribution in [0.3, 0.4) is 0 Å². The molecule has 1 fully saturated rings. The Balaban J connectivity index is 1.28. The number of benzene rings is 2. The van der Waals surface area contributed by atoms with Crippen LogP contribution in [0.2, 0.25) is 0 Å². The summed E-state index contributed by atoms with van der Waals surface area (Å²) in [5, 5.41) is 2.89. The van der Waals surface area contributed by atoms with Gasteiger partial charge in [0, 0.05) is 24.3 Å². The molecule has 212 valence electrons. The van der Waals surface area contributed by atoms with Crippen molar-refractivity contribution in [3.63, 3.8) is 0 Å². The molecule has 1 aliphatic rings. The highest BCUT2D eigenvalue weighted by Crippen LogP contribution is 2.34.